The number of nitrogens with one attached hydrogen (secondary N) is 1. The number of aryl methyl sites for hydroxylation is 2. The van der Waals surface area contributed by atoms with E-state index in [1.54, 1.807) is 18.2 Å². The number of aromatic nitrogens is 1. The van der Waals surface area contributed by atoms with Crippen LogP contribution in [-0.4, -0.2) is 4.98 Å². The van der Waals surface area contributed by atoms with Crippen molar-refractivity contribution in [2.45, 2.75) is 13.8 Å². The van der Waals surface area contributed by atoms with Gasteiger partial charge in [-0.3, -0.25) is 0 Å². The highest BCUT2D eigenvalue weighted by Crippen LogP contribution is 2.25. The normalized spacial score (nSPS) is 9.65. The van der Waals surface area contributed by atoms with Crippen LogP contribution in [0.5, 0.6) is 0 Å². The standard InChI is InChI=1S/C15H11ClN4/c1-9-5-10(2)19-15(13(9)8-18)20-12-4-3-11(7-17)14(16)6-12/h3-6H,1-2H3,(H,19,20). The number of rotatable bonds is 2. The highest BCUT2D eigenvalue weighted by atomic mass is 35.5. The molecule has 0 bridgehead atoms. The van der Waals surface area contributed by atoms with E-state index in [1.807, 2.05) is 26.0 Å². The van der Waals surface area contributed by atoms with Gasteiger partial charge >= 0.3 is 0 Å². The van der Waals surface area contributed by atoms with Crippen LogP contribution >= 0.6 is 11.6 Å². The molecule has 0 amide bonds. The van der Waals surface area contributed by atoms with Crippen molar-refractivity contribution in [3.63, 3.8) is 0 Å². The molecule has 2 rings (SSSR count). The Morgan fingerprint density at radius 1 is 1.15 bits per heavy atom. The van der Waals surface area contributed by atoms with Crippen molar-refractivity contribution in [3.05, 3.63) is 51.7 Å². The van der Waals surface area contributed by atoms with Crippen molar-refractivity contribution in [1.29, 1.82) is 10.5 Å². The zero-order chi connectivity index (χ0) is 14.7. The average molecular weight is 283 g/mol. The topological polar surface area (TPSA) is 72.5 Å². The summed E-state index contributed by atoms with van der Waals surface area (Å²) in [4.78, 5) is 4.33. The van der Waals surface area contributed by atoms with Crippen molar-refractivity contribution < 1.29 is 0 Å². The number of halogens is 1. The Bertz CT molecular complexity index is 754. The zero-order valence-corrected chi connectivity index (χ0v) is 11.8. The Labute approximate surface area is 122 Å². The van der Waals surface area contributed by atoms with Gasteiger partial charge in [0.1, 0.15) is 18.0 Å². The molecule has 98 valence electrons. The Hall–Kier alpha value is -2.56. The minimum absolute atomic E-state index is 0.361. The molecule has 1 aromatic heterocycles. The van der Waals surface area contributed by atoms with E-state index in [-0.39, 0.29) is 0 Å². The molecule has 0 aliphatic heterocycles. The Kier molecular flexibility index (Phi) is 3.89. The van der Waals surface area contributed by atoms with Gasteiger partial charge in [-0.2, -0.15) is 10.5 Å². The van der Waals surface area contributed by atoms with Gasteiger partial charge in [-0.05, 0) is 43.7 Å². The molecular weight excluding hydrogens is 272 g/mol. The fourth-order valence-electron chi connectivity index (χ4n) is 1.89. The summed E-state index contributed by atoms with van der Waals surface area (Å²) in [6.45, 7) is 3.73. The van der Waals surface area contributed by atoms with Gasteiger partial charge in [0.2, 0.25) is 0 Å². The molecule has 0 atom stereocenters. The fraction of sp³-hybridized carbons (Fsp3) is 0.133. The molecule has 0 aliphatic rings. The number of nitrogens with zero attached hydrogens (tertiary/aromatic N) is 3. The van der Waals surface area contributed by atoms with Gasteiger partial charge < -0.3 is 5.32 Å². The first-order chi connectivity index (χ1) is 9.55. The number of hydrogen-bond acceptors (Lipinski definition) is 4. The summed E-state index contributed by atoms with van der Waals surface area (Å²) in [6, 6.07) is 11.0. The van der Waals surface area contributed by atoms with E-state index in [9.17, 15) is 5.26 Å². The summed E-state index contributed by atoms with van der Waals surface area (Å²) >= 11 is 5.98. The second kappa shape index (κ2) is 5.61. The third-order valence-corrected chi connectivity index (χ3v) is 3.12. The first kappa shape index (κ1) is 13.9. The van der Waals surface area contributed by atoms with Gasteiger partial charge in [-0.25, -0.2) is 4.98 Å². The van der Waals surface area contributed by atoms with Crippen LogP contribution in [0.15, 0.2) is 24.3 Å². The molecule has 0 aliphatic carbocycles. The molecule has 0 fully saturated rings. The van der Waals surface area contributed by atoms with Crippen LogP contribution in [0.1, 0.15) is 22.4 Å². The highest BCUT2D eigenvalue weighted by Gasteiger charge is 2.09. The predicted octanol–water partition coefficient (Wildman–Crippen LogP) is 3.84. The van der Waals surface area contributed by atoms with Crippen LogP contribution in [-0.2, 0) is 0 Å². The zero-order valence-electron chi connectivity index (χ0n) is 11.0. The predicted molar refractivity (Wildman–Crippen MR) is 77.9 cm³/mol. The largest absolute Gasteiger partial charge is 0.339 e. The molecule has 2 aromatic rings. The smallest absolute Gasteiger partial charge is 0.148 e. The lowest BCUT2D eigenvalue weighted by atomic mass is 10.1. The van der Waals surface area contributed by atoms with Crippen LogP contribution in [0.3, 0.4) is 0 Å². The highest BCUT2D eigenvalue weighted by molar-refractivity contribution is 6.32. The van der Waals surface area contributed by atoms with Gasteiger partial charge in [0, 0.05) is 11.4 Å². The summed E-state index contributed by atoms with van der Waals surface area (Å²) in [5.74, 6) is 0.491. The third-order valence-electron chi connectivity index (χ3n) is 2.81. The molecule has 1 N–H and O–H groups in total. The molecule has 0 unspecified atom stereocenters. The molecule has 0 saturated heterocycles. The molecule has 0 spiro atoms. The maximum Gasteiger partial charge on any atom is 0.148 e. The third kappa shape index (κ3) is 2.71. The van der Waals surface area contributed by atoms with E-state index in [2.05, 4.69) is 16.4 Å². The number of anilines is 2. The van der Waals surface area contributed by atoms with E-state index >= 15 is 0 Å². The monoisotopic (exact) mass is 282 g/mol. The van der Waals surface area contributed by atoms with E-state index in [0.717, 1.165) is 11.3 Å². The van der Waals surface area contributed by atoms with Crippen molar-refractivity contribution in [3.8, 4) is 12.1 Å². The summed E-state index contributed by atoms with van der Waals surface area (Å²) in [5.41, 5.74) is 3.27. The van der Waals surface area contributed by atoms with Gasteiger partial charge in [-0.15, -0.1) is 0 Å². The second-order valence-corrected chi connectivity index (χ2v) is 4.75. The molecule has 1 heterocycles. The maximum atomic E-state index is 9.21. The average Bonchev–Trinajstić information content (AvgIpc) is 2.38. The van der Waals surface area contributed by atoms with E-state index < -0.39 is 0 Å². The Morgan fingerprint density at radius 3 is 2.50 bits per heavy atom. The van der Waals surface area contributed by atoms with Gasteiger partial charge in [0.25, 0.3) is 0 Å². The molecule has 0 radical (unpaired) electrons. The van der Waals surface area contributed by atoms with Crippen LogP contribution in [0.4, 0.5) is 11.5 Å². The van der Waals surface area contributed by atoms with E-state index in [1.165, 1.54) is 0 Å². The first-order valence-electron chi connectivity index (χ1n) is 5.90. The van der Waals surface area contributed by atoms with Crippen LogP contribution < -0.4 is 5.32 Å². The number of benzene rings is 1. The maximum absolute atomic E-state index is 9.21. The number of nitriles is 2. The molecule has 20 heavy (non-hydrogen) atoms. The second-order valence-electron chi connectivity index (χ2n) is 4.35. The molecule has 5 heteroatoms. The molecule has 1 aromatic carbocycles. The lowest BCUT2D eigenvalue weighted by Crippen LogP contribution is -2.01. The number of pyridine rings is 1. The summed E-state index contributed by atoms with van der Waals surface area (Å²) in [7, 11) is 0. The van der Waals surface area contributed by atoms with Crippen LogP contribution in [0.25, 0.3) is 0 Å². The van der Waals surface area contributed by atoms with Crippen LogP contribution in [0.2, 0.25) is 5.02 Å². The van der Waals surface area contributed by atoms with Gasteiger partial charge in [0.15, 0.2) is 0 Å². The fourth-order valence-corrected chi connectivity index (χ4v) is 2.11. The Balaban J connectivity index is 2.43. The molecular formula is C15H11ClN4. The molecule has 4 nitrogen and oxygen atoms in total. The van der Waals surface area contributed by atoms with E-state index in [4.69, 9.17) is 16.9 Å². The van der Waals surface area contributed by atoms with Crippen molar-refractivity contribution in [2.75, 3.05) is 5.32 Å². The Morgan fingerprint density at radius 2 is 1.90 bits per heavy atom. The van der Waals surface area contributed by atoms with E-state index in [0.29, 0.717) is 27.7 Å². The minimum atomic E-state index is 0.361. The summed E-state index contributed by atoms with van der Waals surface area (Å²) < 4.78 is 0. The van der Waals surface area contributed by atoms with Crippen LogP contribution in [0, 0.1) is 36.5 Å². The number of hydrogen-bond donors (Lipinski definition) is 1. The lowest BCUT2D eigenvalue weighted by molar-refractivity contribution is 1.16. The lowest BCUT2D eigenvalue weighted by Gasteiger charge is -2.10. The SMILES string of the molecule is Cc1cc(C)c(C#N)c(Nc2ccc(C#N)c(Cl)c2)n1. The summed E-state index contributed by atoms with van der Waals surface area (Å²) in [6.07, 6.45) is 0. The van der Waals surface area contributed by atoms with Crippen molar-refractivity contribution >= 4 is 23.1 Å². The molecule has 0 saturated carbocycles. The minimum Gasteiger partial charge on any atom is -0.339 e. The van der Waals surface area contributed by atoms with Gasteiger partial charge in [0.05, 0.1) is 16.1 Å². The summed E-state index contributed by atoms with van der Waals surface area (Å²) in [5, 5.41) is 21.5. The van der Waals surface area contributed by atoms with Crippen molar-refractivity contribution in [2.24, 2.45) is 0 Å². The van der Waals surface area contributed by atoms with Gasteiger partial charge in [-0.1, -0.05) is 11.6 Å². The first-order valence-corrected chi connectivity index (χ1v) is 6.28. The van der Waals surface area contributed by atoms with Crippen molar-refractivity contribution in [1.82, 2.24) is 4.98 Å². The quantitative estimate of drug-likeness (QED) is 0.908.